The number of thioether (sulfide) groups is 1. The van der Waals surface area contributed by atoms with Gasteiger partial charge in [-0.05, 0) is 44.0 Å². The Morgan fingerprint density at radius 2 is 2.09 bits per heavy atom. The van der Waals surface area contributed by atoms with Crippen molar-refractivity contribution in [3.63, 3.8) is 0 Å². The van der Waals surface area contributed by atoms with Crippen molar-refractivity contribution in [2.45, 2.75) is 36.2 Å². The summed E-state index contributed by atoms with van der Waals surface area (Å²) in [6.45, 7) is 1.83. The van der Waals surface area contributed by atoms with Crippen LogP contribution in [0.2, 0.25) is 5.02 Å². The molecule has 0 radical (unpaired) electrons. The second-order valence-electron chi connectivity index (χ2n) is 5.23. The minimum atomic E-state index is -0.273. The minimum absolute atomic E-state index is 0.00328. The fraction of sp³-hybridized carbons (Fsp3) is 0.357. The van der Waals surface area contributed by atoms with Gasteiger partial charge in [-0.25, -0.2) is 4.68 Å². The van der Waals surface area contributed by atoms with Crippen LogP contribution in [0.25, 0.3) is 11.4 Å². The SMILES string of the molecule is C[C@@H](Sc1nnc(-c2ccc(Cl)cc2)n1N)C(=O)NC1CC1. The zero-order valence-corrected chi connectivity index (χ0v) is 13.6. The maximum absolute atomic E-state index is 12.0. The van der Waals surface area contributed by atoms with Gasteiger partial charge in [-0.1, -0.05) is 23.4 Å². The smallest absolute Gasteiger partial charge is 0.233 e. The summed E-state index contributed by atoms with van der Waals surface area (Å²) in [7, 11) is 0. The van der Waals surface area contributed by atoms with Crippen LogP contribution < -0.4 is 11.2 Å². The Kier molecular flexibility index (Phi) is 4.26. The molecule has 1 aromatic heterocycles. The molecule has 3 rings (SSSR count). The topological polar surface area (TPSA) is 85.8 Å². The maximum Gasteiger partial charge on any atom is 0.233 e. The van der Waals surface area contributed by atoms with Gasteiger partial charge in [0.2, 0.25) is 11.1 Å². The number of rotatable bonds is 5. The Labute approximate surface area is 137 Å². The number of nitrogens with two attached hydrogens (primary N) is 1. The molecule has 1 fully saturated rings. The number of nitrogen functional groups attached to an aromatic ring is 1. The Balaban J connectivity index is 1.72. The third kappa shape index (κ3) is 3.36. The average Bonchev–Trinajstić information content (AvgIpc) is 3.24. The fourth-order valence-electron chi connectivity index (χ4n) is 1.91. The molecule has 2 aromatic rings. The number of nitrogens with one attached hydrogen (secondary N) is 1. The Morgan fingerprint density at radius 3 is 2.73 bits per heavy atom. The summed E-state index contributed by atoms with van der Waals surface area (Å²) in [5.41, 5.74) is 0.821. The summed E-state index contributed by atoms with van der Waals surface area (Å²) in [5.74, 6) is 6.58. The van der Waals surface area contributed by atoms with Crippen molar-refractivity contribution in [2.24, 2.45) is 0 Å². The van der Waals surface area contributed by atoms with Crippen molar-refractivity contribution >= 4 is 29.3 Å². The maximum atomic E-state index is 12.0. The monoisotopic (exact) mass is 337 g/mol. The molecule has 1 aliphatic rings. The number of halogens is 1. The van der Waals surface area contributed by atoms with E-state index in [4.69, 9.17) is 17.4 Å². The molecular weight excluding hydrogens is 322 g/mol. The average molecular weight is 338 g/mol. The summed E-state index contributed by atoms with van der Waals surface area (Å²) in [6, 6.07) is 7.53. The van der Waals surface area contributed by atoms with Gasteiger partial charge < -0.3 is 11.2 Å². The van der Waals surface area contributed by atoms with E-state index in [9.17, 15) is 4.79 Å². The van der Waals surface area contributed by atoms with Crippen LogP contribution in [0.3, 0.4) is 0 Å². The standard InChI is InChI=1S/C14H16ClN5OS/c1-8(13(21)17-11-6-7-11)22-14-19-18-12(20(14)16)9-2-4-10(15)5-3-9/h2-5,8,11H,6-7,16H2,1H3,(H,17,21)/t8-/m1/s1. The first-order valence-corrected chi connectivity index (χ1v) is 8.24. The highest BCUT2D eigenvalue weighted by Crippen LogP contribution is 2.26. The molecule has 0 bridgehead atoms. The molecule has 1 heterocycles. The van der Waals surface area contributed by atoms with E-state index in [0.29, 0.717) is 22.0 Å². The second-order valence-corrected chi connectivity index (χ2v) is 6.97. The number of amides is 1. The molecule has 6 nitrogen and oxygen atoms in total. The lowest BCUT2D eigenvalue weighted by Gasteiger charge is -2.10. The van der Waals surface area contributed by atoms with Crippen molar-refractivity contribution in [2.75, 3.05) is 5.84 Å². The van der Waals surface area contributed by atoms with E-state index in [0.717, 1.165) is 18.4 Å². The molecule has 0 unspecified atom stereocenters. The van der Waals surface area contributed by atoms with E-state index in [1.54, 1.807) is 12.1 Å². The first-order valence-electron chi connectivity index (χ1n) is 6.98. The third-order valence-corrected chi connectivity index (χ3v) is 4.65. The van der Waals surface area contributed by atoms with E-state index < -0.39 is 0 Å². The van der Waals surface area contributed by atoms with Gasteiger partial charge in [-0.15, -0.1) is 10.2 Å². The van der Waals surface area contributed by atoms with Gasteiger partial charge in [0.15, 0.2) is 5.82 Å². The van der Waals surface area contributed by atoms with E-state index >= 15 is 0 Å². The van der Waals surface area contributed by atoms with Crippen LogP contribution in [0.4, 0.5) is 0 Å². The molecule has 1 aromatic carbocycles. The molecule has 0 aliphatic heterocycles. The van der Waals surface area contributed by atoms with E-state index in [2.05, 4.69) is 15.5 Å². The van der Waals surface area contributed by atoms with Crippen LogP contribution >= 0.6 is 23.4 Å². The number of carbonyl (C=O) groups is 1. The molecule has 3 N–H and O–H groups in total. The van der Waals surface area contributed by atoms with Crippen molar-refractivity contribution < 1.29 is 4.79 Å². The highest BCUT2D eigenvalue weighted by atomic mass is 35.5. The highest BCUT2D eigenvalue weighted by Gasteiger charge is 2.27. The Morgan fingerprint density at radius 1 is 1.41 bits per heavy atom. The van der Waals surface area contributed by atoms with Crippen LogP contribution in [0, 0.1) is 0 Å². The van der Waals surface area contributed by atoms with Crippen molar-refractivity contribution in [1.82, 2.24) is 20.2 Å². The van der Waals surface area contributed by atoms with Crippen molar-refractivity contribution in [1.29, 1.82) is 0 Å². The number of carbonyl (C=O) groups excluding carboxylic acids is 1. The van der Waals surface area contributed by atoms with E-state index in [1.807, 2.05) is 19.1 Å². The Bertz CT molecular complexity index is 683. The van der Waals surface area contributed by atoms with Gasteiger partial charge in [0, 0.05) is 16.6 Å². The van der Waals surface area contributed by atoms with Gasteiger partial charge in [0.05, 0.1) is 5.25 Å². The predicted molar refractivity (Wildman–Crippen MR) is 87.1 cm³/mol. The molecule has 0 spiro atoms. The Hall–Kier alpha value is -1.73. The van der Waals surface area contributed by atoms with Gasteiger partial charge in [0.1, 0.15) is 0 Å². The van der Waals surface area contributed by atoms with Gasteiger partial charge in [-0.3, -0.25) is 4.79 Å². The molecule has 1 saturated carbocycles. The van der Waals surface area contributed by atoms with Crippen LogP contribution in [-0.2, 0) is 4.79 Å². The zero-order valence-electron chi connectivity index (χ0n) is 12.0. The largest absolute Gasteiger partial charge is 0.352 e. The molecule has 0 saturated heterocycles. The quantitative estimate of drug-likeness (QED) is 0.644. The molecule has 1 amide bonds. The summed E-state index contributed by atoms with van der Waals surface area (Å²) in [4.78, 5) is 12.0. The zero-order chi connectivity index (χ0) is 15.7. The van der Waals surface area contributed by atoms with Crippen molar-refractivity contribution in [3.05, 3.63) is 29.3 Å². The number of aromatic nitrogens is 3. The number of hydrogen-bond donors (Lipinski definition) is 2. The first kappa shape index (κ1) is 15.2. The summed E-state index contributed by atoms with van der Waals surface area (Å²) >= 11 is 7.16. The number of hydrogen-bond acceptors (Lipinski definition) is 5. The summed E-state index contributed by atoms with van der Waals surface area (Å²) < 4.78 is 1.40. The lowest BCUT2D eigenvalue weighted by atomic mass is 10.2. The van der Waals surface area contributed by atoms with Crippen LogP contribution in [0.15, 0.2) is 29.4 Å². The molecule has 22 heavy (non-hydrogen) atoms. The van der Waals surface area contributed by atoms with Gasteiger partial charge >= 0.3 is 0 Å². The lowest BCUT2D eigenvalue weighted by molar-refractivity contribution is -0.120. The summed E-state index contributed by atoms with van der Waals surface area (Å²) in [5, 5.41) is 12.0. The molecule has 1 atom stereocenters. The summed E-state index contributed by atoms with van der Waals surface area (Å²) in [6.07, 6.45) is 2.13. The highest BCUT2D eigenvalue weighted by molar-refractivity contribution is 8.00. The fourth-order valence-corrected chi connectivity index (χ4v) is 2.82. The normalized spacial score (nSPS) is 15.5. The molecule has 116 valence electrons. The third-order valence-electron chi connectivity index (χ3n) is 3.34. The molecule has 1 aliphatic carbocycles. The van der Waals surface area contributed by atoms with Crippen molar-refractivity contribution in [3.8, 4) is 11.4 Å². The van der Waals surface area contributed by atoms with Gasteiger partial charge in [-0.2, -0.15) is 0 Å². The lowest BCUT2D eigenvalue weighted by Crippen LogP contribution is -2.32. The minimum Gasteiger partial charge on any atom is -0.352 e. The van der Waals surface area contributed by atoms with E-state index in [1.165, 1.54) is 16.4 Å². The van der Waals surface area contributed by atoms with Crippen LogP contribution in [0.1, 0.15) is 19.8 Å². The first-order chi connectivity index (χ1) is 10.5. The van der Waals surface area contributed by atoms with Gasteiger partial charge in [0.25, 0.3) is 0 Å². The number of benzene rings is 1. The number of nitrogens with zero attached hydrogens (tertiary/aromatic N) is 3. The van der Waals surface area contributed by atoms with Crippen LogP contribution in [0.5, 0.6) is 0 Å². The van der Waals surface area contributed by atoms with Crippen LogP contribution in [-0.4, -0.2) is 32.1 Å². The second kappa shape index (κ2) is 6.18. The van der Waals surface area contributed by atoms with E-state index in [-0.39, 0.29) is 11.2 Å². The molecular formula is C14H16ClN5OS. The predicted octanol–water partition coefficient (Wildman–Crippen LogP) is 2.07. The molecule has 8 heteroatoms.